The van der Waals surface area contributed by atoms with Crippen LogP contribution in [0.2, 0.25) is 0 Å². The summed E-state index contributed by atoms with van der Waals surface area (Å²) in [6.07, 6.45) is 2.86. The molecule has 0 N–H and O–H groups in total. The van der Waals surface area contributed by atoms with Gasteiger partial charge in [-0.25, -0.2) is 8.42 Å². The molecular formula is C14H18O4S. The predicted molar refractivity (Wildman–Crippen MR) is 73.5 cm³/mol. The lowest BCUT2D eigenvalue weighted by molar-refractivity contribution is 0.0954. The Morgan fingerprint density at radius 3 is 2.63 bits per heavy atom. The number of hydrogen-bond donors (Lipinski definition) is 0. The van der Waals surface area contributed by atoms with E-state index in [1.807, 2.05) is 0 Å². The molecule has 5 heteroatoms. The van der Waals surface area contributed by atoms with Gasteiger partial charge in [-0.2, -0.15) is 0 Å². The van der Waals surface area contributed by atoms with Crippen molar-refractivity contribution in [3.63, 3.8) is 0 Å². The number of hydrogen-bond acceptors (Lipinski definition) is 4. The third kappa shape index (κ3) is 2.52. The number of fused-ring (bicyclic) bond motifs is 1. The molecule has 1 aromatic rings. The Hall–Kier alpha value is -1.36. The molecule has 0 aliphatic carbocycles. The maximum absolute atomic E-state index is 12.4. The molecule has 0 unspecified atom stereocenters. The fraction of sp³-hybridized carbons (Fsp3) is 0.500. The molecule has 2 rings (SSSR count). The van der Waals surface area contributed by atoms with E-state index >= 15 is 0 Å². The van der Waals surface area contributed by atoms with Crippen molar-refractivity contribution in [2.75, 3.05) is 12.9 Å². The molecule has 0 atom stereocenters. The molecular weight excluding hydrogens is 264 g/mol. The van der Waals surface area contributed by atoms with Crippen molar-refractivity contribution in [3.05, 3.63) is 29.3 Å². The van der Waals surface area contributed by atoms with Gasteiger partial charge in [0.1, 0.15) is 10.5 Å². The van der Waals surface area contributed by atoms with Gasteiger partial charge in [0.2, 0.25) is 0 Å². The van der Waals surface area contributed by atoms with Crippen molar-refractivity contribution in [3.8, 4) is 5.75 Å². The van der Waals surface area contributed by atoms with Crippen LogP contribution in [0.5, 0.6) is 5.75 Å². The molecule has 0 bridgehead atoms. The molecule has 0 saturated carbocycles. The van der Waals surface area contributed by atoms with Crippen molar-refractivity contribution in [2.45, 2.75) is 31.4 Å². The van der Waals surface area contributed by atoms with Crippen LogP contribution in [0.4, 0.5) is 0 Å². The van der Waals surface area contributed by atoms with Gasteiger partial charge in [0.15, 0.2) is 15.6 Å². The van der Waals surface area contributed by atoms with Crippen LogP contribution in [0.1, 0.15) is 36.2 Å². The van der Waals surface area contributed by atoms with E-state index in [0.717, 1.165) is 30.4 Å². The minimum absolute atomic E-state index is 0.372. The van der Waals surface area contributed by atoms with Gasteiger partial charge in [-0.3, -0.25) is 4.79 Å². The number of ether oxygens (including phenoxy) is 1. The highest BCUT2D eigenvalue weighted by Gasteiger charge is 2.39. The SMILES string of the molecule is CC(C)(C(=O)c1ccc2c(c1)CCCO2)S(C)(=O)=O. The monoisotopic (exact) mass is 282 g/mol. The first-order valence-corrected chi connectivity index (χ1v) is 8.13. The highest BCUT2D eigenvalue weighted by atomic mass is 32.2. The summed E-state index contributed by atoms with van der Waals surface area (Å²) in [6.45, 7) is 3.58. The van der Waals surface area contributed by atoms with E-state index < -0.39 is 14.6 Å². The molecule has 0 spiro atoms. The third-order valence-electron chi connectivity index (χ3n) is 3.64. The summed E-state index contributed by atoms with van der Waals surface area (Å²) in [5.41, 5.74) is 1.40. The van der Waals surface area contributed by atoms with E-state index in [-0.39, 0.29) is 5.78 Å². The van der Waals surface area contributed by atoms with Crippen molar-refractivity contribution in [1.29, 1.82) is 0 Å². The summed E-state index contributed by atoms with van der Waals surface area (Å²) in [4.78, 5) is 12.4. The van der Waals surface area contributed by atoms with E-state index in [1.165, 1.54) is 13.8 Å². The number of ketones is 1. The largest absolute Gasteiger partial charge is 0.493 e. The number of sulfone groups is 1. The van der Waals surface area contributed by atoms with Gasteiger partial charge in [-0.05, 0) is 50.5 Å². The molecule has 1 aliphatic heterocycles. The van der Waals surface area contributed by atoms with Gasteiger partial charge in [0.05, 0.1) is 6.61 Å². The summed E-state index contributed by atoms with van der Waals surface area (Å²) >= 11 is 0. The van der Waals surface area contributed by atoms with Gasteiger partial charge in [-0.15, -0.1) is 0 Å². The van der Waals surface area contributed by atoms with Crippen LogP contribution in [-0.4, -0.2) is 31.8 Å². The van der Waals surface area contributed by atoms with Gasteiger partial charge >= 0.3 is 0 Å². The smallest absolute Gasteiger partial charge is 0.183 e. The molecule has 0 aromatic heterocycles. The number of Topliss-reactive ketones (excluding diaryl/α,β-unsaturated/α-hetero) is 1. The Morgan fingerprint density at radius 2 is 2.00 bits per heavy atom. The summed E-state index contributed by atoms with van der Waals surface area (Å²) in [5.74, 6) is 0.420. The Morgan fingerprint density at radius 1 is 1.32 bits per heavy atom. The first kappa shape index (κ1) is 14.1. The molecule has 0 radical (unpaired) electrons. The minimum atomic E-state index is -3.45. The topological polar surface area (TPSA) is 60.4 Å². The molecule has 19 heavy (non-hydrogen) atoms. The summed E-state index contributed by atoms with van der Waals surface area (Å²) in [6, 6.07) is 5.14. The number of rotatable bonds is 3. The van der Waals surface area contributed by atoms with Crippen LogP contribution < -0.4 is 4.74 Å². The van der Waals surface area contributed by atoms with Gasteiger partial charge in [-0.1, -0.05) is 0 Å². The van der Waals surface area contributed by atoms with E-state index in [9.17, 15) is 13.2 Å². The molecule has 1 heterocycles. The lowest BCUT2D eigenvalue weighted by atomic mass is 9.96. The molecule has 1 aliphatic rings. The lowest BCUT2D eigenvalue weighted by Crippen LogP contribution is -2.40. The average Bonchev–Trinajstić information content (AvgIpc) is 2.36. The second-order valence-corrected chi connectivity index (χ2v) is 7.95. The van der Waals surface area contributed by atoms with Crippen LogP contribution in [0, 0.1) is 0 Å². The minimum Gasteiger partial charge on any atom is -0.493 e. The fourth-order valence-electron chi connectivity index (χ4n) is 2.02. The van der Waals surface area contributed by atoms with Crippen molar-refractivity contribution >= 4 is 15.6 Å². The highest BCUT2D eigenvalue weighted by Crippen LogP contribution is 2.28. The van der Waals surface area contributed by atoms with Crippen molar-refractivity contribution in [1.82, 2.24) is 0 Å². The van der Waals surface area contributed by atoms with Crippen LogP contribution in [0.25, 0.3) is 0 Å². The average molecular weight is 282 g/mol. The second kappa shape index (κ2) is 4.63. The van der Waals surface area contributed by atoms with Crippen molar-refractivity contribution < 1.29 is 17.9 Å². The quantitative estimate of drug-likeness (QED) is 0.796. The summed E-state index contributed by atoms with van der Waals surface area (Å²) < 4.78 is 27.5. The standard InChI is InChI=1S/C14H18O4S/c1-14(2,19(3,16)17)13(15)11-6-7-12-10(9-11)5-4-8-18-12/h6-7,9H,4-5,8H2,1-3H3. The maximum Gasteiger partial charge on any atom is 0.183 e. The summed E-state index contributed by atoms with van der Waals surface area (Å²) in [7, 11) is -3.45. The van der Waals surface area contributed by atoms with Crippen LogP contribution in [-0.2, 0) is 16.3 Å². The number of carbonyl (C=O) groups excluding carboxylic acids is 1. The van der Waals surface area contributed by atoms with Gasteiger partial charge < -0.3 is 4.74 Å². The number of aryl methyl sites for hydroxylation is 1. The van der Waals surface area contributed by atoms with E-state index in [0.29, 0.717) is 12.2 Å². The summed E-state index contributed by atoms with van der Waals surface area (Å²) in [5, 5.41) is 0. The van der Waals surface area contributed by atoms with E-state index in [1.54, 1.807) is 18.2 Å². The predicted octanol–water partition coefficient (Wildman–Crippen LogP) is 2.02. The molecule has 1 aromatic carbocycles. The Balaban J connectivity index is 2.40. The Labute approximate surface area is 113 Å². The molecule has 104 valence electrons. The van der Waals surface area contributed by atoms with Gasteiger partial charge in [0.25, 0.3) is 0 Å². The van der Waals surface area contributed by atoms with Crippen LogP contribution in [0.3, 0.4) is 0 Å². The second-order valence-electron chi connectivity index (χ2n) is 5.39. The molecule has 0 amide bonds. The zero-order chi connectivity index (χ0) is 14.3. The Bertz CT molecular complexity index is 614. The lowest BCUT2D eigenvalue weighted by Gasteiger charge is -2.22. The van der Waals surface area contributed by atoms with E-state index in [2.05, 4.69) is 0 Å². The number of benzene rings is 1. The van der Waals surface area contributed by atoms with Crippen molar-refractivity contribution in [2.24, 2.45) is 0 Å². The third-order valence-corrected chi connectivity index (χ3v) is 5.68. The Kier molecular flexibility index (Phi) is 3.43. The fourth-order valence-corrected chi connectivity index (χ4v) is 2.47. The molecule has 0 fully saturated rings. The first-order chi connectivity index (χ1) is 8.73. The molecule has 0 saturated heterocycles. The highest BCUT2D eigenvalue weighted by molar-refractivity contribution is 7.92. The zero-order valence-corrected chi connectivity index (χ0v) is 12.2. The van der Waals surface area contributed by atoms with Crippen LogP contribution in [0.15, 0.2) is 18.2 Å². The molecule has 4 nitrogen and oxygen atoms in total. The van der Waals surface area contributed by atoms with E-state index in [4.69, 9.17) is 4.74 Å². The van der Waals surface area contributed by atoms with Crippen LogP contribution >= 0.6 is 0 Å². The zero-order valence-electron chi connectivity index (χ0n) is 11.4. The van der Waals surface area contributed by atoms with Gasteiger partial charge in [0, 0.05) is 11.8 Å². The maximum atomic E-state index is 12.4. The normalized spacial score (nSPS) is 15.5. The number of carbonyl (C=O) groups is 1. The first-order valence-electron chi connectivity index (χ1n) is 6.23.